The topological polar surface area (TPSA) is 15.3 Å². The molecule has 2 heteroatoms. The lowest BCUT2D eigenvalue weighted by Gasteiger charge is -2.08. The van der Waals surface area contributed by atoms with Crippen LogP contribution in [0.15, 0.2) is 0 Å². The van der Waals surface area contributed by atoms with E-state index in [4.69, 9.17) is 0 Å². The summed E-state index contributed by atoms with van der Waals surface area (Å²) in [7, 11) is 4.18. The Bertz CT molecular complexity index is 57.6. The first-order valence-corrected chi connectivity index (χ1v) is 3.62. The van der Waals surface area contributed by atoms with Gasteiger partial charge in [0.15, 0.2) is 0 Å². The van der Waals surface area contributed by atoms with Crippen molar-refractivity contribution in [2.24, 2.45) is 0 Å². The molecule has 58 valence electrons. The van der Waals surface area contributed by atoms with Crippen LogP contribution >= 0.6 is 0 Å². The van der Waals surface area contributed by atoms with Crippen LogP contribution in [0, 0.1) is 0 Å². The molecule has 0 unspecified atom stereocenters. The van der Waals surface area contributed by atoms with E-state index in [2.05, 4.69) is 31.2 Å². The molecular weight excluding hydrogens is 112 g/mol. The summed E-state index contributed by atoms with van der Waals surface area (Å²) in [5.74, 6) is 0. The highest BCUT2D eigenvalue weighted by molar-refractivity contribution is 4.48. The van der Waals surface area contributed by atoms with Crippen LogP contribution in [0.25, 0.3) is 0 Å². The lowest BCUT2D eigenvalue weighted by atomic mass is 10.4. The average molecular weight is 132 g/mol. The maximum absolute atomic E-state index is 3.32. The molecule has 0 aliphatic rings. The van der Waals surface area contributed by atoms with Gasteiger partial charge in [0, 0.05) is 14.5 Å². The van der Waals surface area contributed by atoms with Crippen molar-refractivity contribution in [3.05, 3.63) is 0 Å². The minimum absolute atomic E-state index is 0. The molecule has 0 heterocycles. The summed E-state index contributed by atoms with van der Waals surface area (Å²) in [6.45, 7) is 5.58. The van der Waals surface area contributed by atoms with Gasteiger partial charge in [0.05, 0.1) is 0 Å². The van der Waals surface area contributed by atoms with Gasteiger partial charge < -0.3 is 10.2 Å². The fourth-order valence-electron chi connectivity index (χ4n) is 0.604. The molecule has 1 N–H and O–H groups in total. The number of nitrogens with zero attached hydrogens (tertiary/aromatic N) is 1. The predicted molar refractivity (Wildman–Crippen MR) is 43.8 cm³/mol. The second-order valence-electron chi connectivity index (χ2n) is 2.55. The molecule has 0 bridgehead atoms. The summed E-state index contributed by atoms with van der Waals surface area (Å²) in [6, 6.07) is 0. The number of hydrogen-bond acceptors (Lipinski definition) is 2. The molecule has 9 heavy (non-hydrogen) atoms. The molecule has 0 aromatic carbocycles. The first-order valence-electron chi connectivity index (χ1n) is 3.62. The van der Waals surface area contributed by atoms with Gasteiger partial charge in [-0.25, -0.2) is 0 Å². The van der Waals surface area contributed by atoms with E-state index in [1.54, 1.807) is 0 Å². The van der Waals surface area contributed by atoms with E-state index in [-0.39, 0.29) is 1.43 Å². The number of hydrogen-bond donors (Lipinski definition) is 1. The van der Waals surface area contributed by atoms with Gasteiger partial charge in [0.25, 0.3) is 0 Å². The van der Waals surface area contributed by atoms with Crippen molar-refractivity contribution in [3.63, 3.8) is 0 Å². The monoisotopic (exact) mass is 132 g/mol. The standard InChI is InChI=1S/C7H18N2.H2/c1-4-5-8-6-7-9(2)3;/h8H,4-7H2,1-3H3;1H. The lowest BCUT2D eigenvalue weighted by molar-refractivity contribution is 0.400. The van der Waals surface area contributed by atoms with E-state index in [0.717, 1.165) is 19.6 Å². The molecule has 0 atom stereocenters. The number of rotatable bonds is 5. The molecule has 0 aromatic rings. The Morgan fingerprint density at radius 2 is 2.00 bits per heavy atom. The molecule has 0 aliphatic carbocycles. The van der Waals surface area contributed by atoms with Crippen molar-refractivity contribution in [2.75, 3.05) is 33.7 Å². The summed E-state index contributed by atoms with van der Waals surface area (Å²) < 4.78 is 0. The summed E-state index contributed by atoms with van der Waals surface area (Å²) in [5, 5.41) is 3.32. The Morgan fingerprint density at radius 3 is 2.44 bits per heavy atom. The highest BCUT2D eigenvalue weighted by Crippen LogP contribution is 1.72. The van der Waals surface area contributed by atoms with Crippen LogP contribution in [0.5, 0.6) is 0 Å². The fourth-order valence-corrected chi connectivity index (χ4v) is 0.604. The first kappa shape index (κ1) is 8.92. The van der Waals surface area contributed by atoms with E-state index >= 15 is 0 Å². The van der Waals surface area contributed by atoms with E-state index in [1.165, 1.54) is 6.42 Å². The van der Waals surface area contributed by atoms with Crippen LogP contribution in [0.3, 0.4) is 0 Å². The molecule has 0 rings (SSSR count). The van der Waals surface area contributed by atoms with Gasteiger partial charge in [-0.15, -0.1) is 0 Å². The maximum atomic E-state index is 3.32. The highest BCUT2D eigenvalue weighted by atomic mass is 15.1. The molecule has 0 saturated heterocycles. The van der Waals surface area contributed by atoms with Crippen molar-refractivity contribution in [1.29, 1.82) is 0 Å². The smallest absolute Gasteiger partial charge is 0.0101 e. The Morgan fingerprint density at radius 1 is 1.33 bits per heavy atom. The van der Waals surface area contributed by atoms with Gasteiger partial charge >= 0.3 is 0 Å². The van der Waals surface area contributed by atoms with E-state index in [9.17, 15) is 0 Å². The third-order valence-corrected chi connectivity index (χ3v) is 1.16. The van der Waals surface area contributed by atoms with E-state index in [0.29, 0.717) is 0 Å². The zero-order valence-corrected chi connectivity index (χ0v) is 6.78. The molecule has 0 aromatic heterocycles. The van der Waals surface area contributed by atoms with Crippen molar-refractivity contribution in [2.45, 2.75) is 13.3 Å². The van der Waals surface area contributed by atoms with Crippen LogP contribution in [0.4, 0.5) is 0 Å². The van der Waals surface area contributed by atoms with Crippen LogP contribution in [-0.4, -0.2) is 38.6 Å². The highest BCUT2D eigenvalue weighted by Gasteiger charge is 1.86. The van der Waals surface area contributed by atoms with Gasteiger partial charge in [-0.05, 0) is 27.1 Å². The second kappa shape index (κ2) is 6.05. The predicted octanol–water partition coefficient (Wildman–Crippen LogP) is 0.794. The molecule has 0 saturated carbocycles. The van der Waals surface area contributed by atoms with Crippen LogP contribution in [0.2, 0.25) is 0 Å². The first-order chi connectivity index (χ1) is 4.27. The third-order valence-electron chi connectivity index (χ3n) is 1.16. The summed E-state index contributed by atoms with van der Waals surface area (Å²) >= 11 is 0. The minimum atomic E-state index is 0. The average Bonchev–Trinajstić information content (AvgIpc) is 1.80. The van der Waals surface area contributed by atoms with Gasteiger partial charge in [0.1, 0.15) is 0 Å². The van der Waals surface area contributed by atoms with Crippen molar-refractivity contribution >= 4 is 0 Å². The zero-order valence-electron chi connectivity index (χ0n) is 6.78. The van der Waals surface area contributed by atoms with Crippen LogP contribution < -0.4 is 5.32 Å². The van der Waals surface area contributed by atoms with Gasteiger partial charge in [-0.2, -0.15) is 0 Å². The number of nitrogens with one attached hydrogen (secondary N) is 1. The van der Waals surface area contributed by atoms with E-state index < -0.39 is 0 Å². The van der Waals surface area contributed by atoms with Crippen molar-refractivity contribution in [3.8, 4) is 0 Å². The minimum Gasteiger partial charge on any atom is -0.315 e. The Kier molecular flexibility index (Phi) is 5.99. The zero-order chi connectivity index (χ0) is 7.11. The normalized spacial score (nSPS) is 10.7. The Hall–Kier alpha value is -0.0800. The molecule has 2 nitrogen and oxygen atoms in total. The van der Waals surface area contributed by atoms with Crippen LogP contribution in [0.1, 0.15) is 14.8 Å². The molecule has 0 fully saturated rings. The fraction of sp³-hybridized carbons (Fsp3) is 1.00. The second-order valence-corrected chi connectivity index (χ2v) is 2.55. The van der Waals surface area contributed by atoms with E-state index in [1.807, 2.05) is 0 Å². The molecule has 0 spiro atoms. The van der Waals surface area contributed by atoms with Crippen molar-refractivity contribution in [1.82, 2.24) is 10.2 Å². The maximum Gasteiger partial charge on any atom is 0.0101 e. The molecular formula is C7H20N2. The van der Waals surface area contributed by atoms with Crippen LogP contribution in [-0.2, 0) is 0 Å². The van der Waals surface area contributed by atoms with Gasteiger partial charge in [0.2, 0.25) is 0 Å². The Balaban J connectivity index is 0. The summed E-state index contributed by atoms with van der Waals surface area (Å²) in [4.78, 5) is 2.18. The lowest BCUT2D eigenvalue weighted by Crippen LogP contribution is -2.26. The van der Waals surface area contributed by atoms with Crippen molar-refractivity contribution < 1.29 is 1.43 Å². The molecule has 0 aliphatic heterocycles. The van der Waals surface area contributed by atoms with Gasteiger partial charge in [-0.1, -0.05) is 6.92 Å². The molecule has 0 radical (unpaired) electrons. The third kappa shape index (κ3) is 7.92. The SMILES string of the molecule is CCCNCCN(C)C.[HH]. The molecule has 0 amide bonds. The quantitative estimate of drug-likeness (QED) is 0.556. The summed E-state index contributed by atoms with van der Waals surface area (Å²) in [6.07, 6.45) is 1.23. The Labute approximate surface area is 59.7 Å². The largest absolute Gasteiger partial charge is 0.315 e. The summed E-state index contributed by atoms with van der Waals surface area (Å²) in [5.41, 5.74) is 0. The number of likely N-dealkylation sites (N-methyl/N-ethyl adjacent to an activating group) is 1. The van der Waals surface area contributed by atoms with Gasteiger partial charge in [-0.3, -0.25) is 0 Å².